The second kappa shape index (κ2) is 9.64. The Kier molecular flexibility index (Phi) is 6.90. The Hall–Kier alpha value is -2.01. The van der Waals surface area contributed by atoms with E-state index in [4.69, 9.17) is 9.47 Å². The molecule has 2 atom stereocenters. The van der Waals surface area contributed by atoms with E-state index in [0.717, 1.165) is 32.1 Å². The summed E-state index contributed by atoms with van der Waals surface area (Å²) in [5.41, 5.74) is 2.11. The summed E-state index contributed by atoms with van der Waals surface area (Å²) >= 11 is 0. The van der Waals surface area contributed by atoms with Crippen molar-refractivity contribution in [2.24, 2.45) is 0 Å². The number of benzene rings is 2. The lowest BCUT2D eigenvalue weighted by atomic mass is 9.87. The molecule has 0 spiro atoms. The SMILES string of the molecule is CCCCCC1CCC(c2cc3c(c(F)c2F)Oc2c(ccc(CCC)c2F)C3)CO1. The molecule has 0 radical (unpaired) electrons. The third-order valence-corrected chi connectivity index (χ3v) is 6.57. The van der Waals surface area contributed by atoms with Crippen LogP contribution in [0.4, 0.5) is 13.2 Å². The topological polar surface area (TPSA) is 18.5 Å². The molecule has 2 aliphatic heterocycles. The summed E-state index contributed by atoms with van der Waals surface area (Å²) in [6, 6.07) is 5.29. The fraction of sp³-hybridized carbons (Fsp3) is 0.538. The first-order valence-electron chi connectivity index (χ1n) is 11.6. The van der Waals surface area contributed by atoms with Crippen LogP contribution in [0.1, 0.15) is 87.0 Å². The molecule has 2 aromatic carbocycles. The van der Waals surface area contributed by atoms with Crippen LogP contribution in [-0.2, 0) is 17.6 Å². The first kappa shape index (κ1) is 22.2. The summed E-state index contributed by atoms with van der Waals surface area (Å²) in [7, 11) is 0. The minimum atomic E-state index is -1.02. The number of unbranched alkanes of at least 4 members (excludes halogenated alkanes) is 2. The number of ether oxygens (including phenoxy) is 2. The van der Waals surface area contributed by atoms with Gasteiger partial charge in [-0.05, 0) is 42.9 Å². The van der Waals surface area contributed by atoms with E-state index in [-0.39, 0.29) is 23.5 Å². The summed E-state index contributed by atoms with van der Waals surface area (Å²) in [6.45, 7) is 4.54. The molecule has 2 aliphatic rings. The Morgan fingerprint density at radius 3 is 2.42 bits per heavy atom. The fourth-order valence-corrected chi connectivity index (χ4v) is 4.78. The second-order valence-corrected chi connectivity index (χ2v) is 8.86. The van der Waals surface area contributed by atoms with Crippen LogP contribution in [0.5, 0.6) is 11.5 Å². The molecule has 2 unspecified atom stereocenters. The van der Waals surface area contributed by atoms with Gasteiger partial charge in [0.1, 0.15) is 0 Å². The van der Waals surface area contributed by atoms with E-state index < -0.39 is 17.5 Å². The molecule has 1 fully saturated rings. The van der Waals surface area contributed by atoms with Crippen LogP contribution in [0.25, 0.3) is 0 Å². The average molecular weight is 433 g/mol. The zero-order valence-corrected chi connectivity index (χ0v) is 18.4. The molecule has 2 aromatic rings. The first-order chi connectivity index (χ1) is 15.0. The van der Waals surface area contributed by atoms with E-state index in [1.165, 1.54) is 12.8 Å². The van der Waals surface area contributed by atoms with Crippen LogP contribution >= 0.6 is 0 Å². The highest BCUT2D eigenvalue weighted by Gasteiger charge is 2.32. The fourth-order valence-electron chi connectivity index (χ4n) is 4.78. The quantitative estimate of drug-likeness (QED) is 0.358. The van der Waals surface area contributed by atoms with E-state index in [1.54, 1.807) is 12.1 Å². The standard InChI is InChI=1S/C26H31F3O2/c1-3-5-6-8-20-12-11-18(15-30-20)21-14-19-13-17-10-9-16(7-4-2)22(27)25(17)31-26(19)24(29)23(21)28/h9-10,14,18,20H,3-8,11-13,15H2,1-2H3. The Bertz CT molecular complexity index is 933. The molecular weight excluding hydrogens is 401 g/mol. The van der Waals surface area contributed by atoms with Crippen LogP contribution in [0.3, 0.4) is 0 Å². The first-order valence-corrected chi connectivity index (χ1v) is 11.6. The summed E-state index contributed by atoms with van der Waals surface area (Å²) in [5.74, 6) is -2.72. The van der Waals surface area contributed by atoms with Gasteiger partial charge in [0.15, 0.2) is 23.1 Å². The monoisotopic (exact) mass is 432 g/mol. The Balaban J connectivity index is 1.54. The molecule has 2 heterocycles. The summed E-state index contributed by atoms with van der Waals surface area (Å²) < 4.78 is 56.4. The van der Waals surface area contributed by atoms with Gasteiger partial charge < -0.3 is 9.47 Å². The predicted molar refractivity (Wildman–Crippen MR) is 115 cm³/mol. The highest BCUT2D eigenvalue weighted by atomic mass is 19.2. The molecule has 0 aromatic heterocycles. The number of aryl methyl sites for hydroxylation is 1. The van der Waals surface area contributed by atoms with Crippen molar-refractivity contribution in [2.45, 2.75) is 83.7 Å². The molecule has 0 bridgehead atoms. The minimum Gasteiger partial charge on any atom is -0.450 e. The zero-order chi connectivity index (χ0) is 22.0. The number of rotatable bonds is 7. The van der Waals surface area contributed by atoms with E-state index in [2.05, 4.69) is 6.92 Å². The van der Waals surface area contributed by atoms with Gasteiger partial charge in [0.25, 0.3) is 0 Å². The molecule has 0 amide bonds. The van der Waals surface area contributed by atoms with Crippen molar-refractivity contribution >= 4 is 0 Å². The molecule has 4 rings (SSSR count). The molecular formula is C26H31F3O2. The van der Waals surface area contributed by atoms with Crippen LogP contribution < -0.4 is 4.74 Å². The Labute approximate surface area is 182 Å². The smallest absolute Gasteiger partial charge is 0.201 e. The van der Waals surface area contributed by atoms with Crippen molar-refractivity contribution in [1.82, 2.24) is 0 Å². The van der Waals surface area contributed by atoms with Crippen molar-refractivity contribution in [1.29, 1.82) is 0 Å². The van der Waals surface area contributed by atoms with Crippen LogP contribution in [0.2, 0.25) is 0 Å². The van der Waals surface area contributed by atoms with E-state index >= 15 is 0 Å². The van der Waals surface area contributed by atoms with Crippen LogP contribution in [0, 0.1) is 17.5 Å². The summed E-state index contributed by atoms with van der Waals surface area (Å²) in [4.78, 5) is 0. The maximum atomic E-state index is 15.0. The number of hydrogen-bond acceptors (Lipinski definition) is 2. The van der Waals surface area contributed by atoms with Crippen molar-refractivity contribution in [3.8, 4) is 11.5 Å². The highest BCUT2D eigenvalue weighted by molar-refractivity contribution is 5.54. The van der Waals surface area contributed by atoms with Crippen molar-refractivity contribution in [3.63, 3.8) is 0 Å². The average Bonchev–Trinajstić information content (AvgIpc) is 2.78. The van der Waals surface area contributed by atoms with E-state index in [0.29, 0.717) is 41.7 Å². The number of hydrogen-bond donors (Lipinski definition) is 0. The van der Waals surface area contributed by atoms with Crippen molar-refractivity contribution in [3.05, 3.63) is 57.9 Å². The molecule has 5 heteroatoms. The predicted octanol–water partition coefficient (Wildman–Crippen LogP) is 7.60. The lowest BCUT2D eigenvalue weighted by molar-refractivity contribution is -0.00281. The third-order valence-electron chi connectivity index (χ3n) is 6.57. The molecule has 0 saturated carbocycles. The molecule has 1 saturated heterocycles. The van der Waals surface area contributed by atoms with E-state index in [1.807, 2.05) is 13.0 Å². The van der Waals surface area contributed by atoms with Crippen LogP contribution in [0.15, 0.2) is 18.2 Å². The van der Waals surface area contributed by atoms with Gasteiger partial charge in [-0.15, -0.1) is 0 Å². The second-order valence-electron chi connectivity index (χ2n) is 8.86. The molecule has 2 nitrogen and oxygen atoms in total. The van der Waals surface area contributed by atoms with Crippen molar-refractivity contribution < 1.29 is 22.6 Å². The summed E-state index contributed by atoms with van der Waals surface area (Å²) in [5, 5.41) is 0. The Morgan fingerprint density at radius 2 is 1.71 bits per heavy atom. The zero-order valence-electron chi connectivity index (χ0n) is 18.4. The van der Waals surface area contributed by atoms with Gasteiger partial charge in [-0.2, -0.15) is 4.39 Å². The van der Waals surface area contributed by atoms with E-state index in [9.17, 15) is 13.2 Å². The van der Waals surface area contributed by atoms with Gasteiger partial charge >= 0.3 is 0 Å². The van der Waals surface area contributed by atoms with Crippen molar-refractivity contribution in [2.75, 3.05) is 6.61 Å². The summed E-state index contributed by atoms with van der Waals surface area (Å²) in [6.07, 6.45) is 8.07. The molecule has 0 aliphatic carbocycles. The molecule has 31 heavy (non-hydrogen) atoms. The van der Waals surface area contributed by atoms with Crippen LogP contribution in [-0.4, -0.2) is 12.7 Å². The third kappa shape index (κ3) is 4.48. The van der Waals surface area contributed by atoms with Gasteiger partial charge in [0, 0.05) is 23.5 Å². The highest BCUT2D eigenvalue weighted by Crippen LogP contribution is 2.44. The van der Waals surface area contributed by atoms with Gasteiger partial charge in [-0.1, -0.05) is 51.7 Å². The maximum Gasteiger partial charge on any atom is 0.201 e. The number of fused-ring (bicyclic) bond motifs is 2. The lowest BCUT2D eigenvalue weighted by Crippen LogP contribution is -2.26. The molecule has 0 N–H and O–H groups in total. The van der Waals surface area contributed by atoms with Gasteiger partial charge in [-0.25, -0.2) is 8.78 Å². The maximum absolute atomic E-state index is 15.0. The number of halogens is 3. The molecule has 168 valence electrons. The minimum absolute atomic E-state index is 0.0282. The Morgan fingerprint density at radius 1 is 0.903 bits per heavy atom. The normalized spacial score (nSPS) is 20.2. The van der Waals surface area contributed by atoms with Gasteiger partial charge in [0.05, 0.1) is 12.7 Å². The van der Waals surface area contributed by atoms with Gasteiger partial charge in [-0.3, -0.25) is 0 Å². The largest absolute Gasteiger partial charge is 0.450 e. The lowest BCUT2D eigenvalue weighted by Gasteiger charge is -2.31. The van der Waals surface area contributed by atoms with Gasteiger partial charge in [0.2, 0.25) is 5.82 Å².